The van der Waals surface area contributed by atoms with Crippen LogP contribution in [0.15, 0.2) is 23.1 Å². The van der Waals surface area contributed by atoms with Crippen molar-refractivity contribution in [3.05, 3.63) is 23.8 Å². The molecule has 0 aromatic heterocycles. The Morgan fingerprint density at radius 2 is 2.00 bits per heavy atom. The van der Waals surface area contributed by atoms with E-state index in [1.54, 1.807) is 0 Å². The molecule has 144 valence electrons. The van der Waals surface area contributed by atoms with Crippen LogP contribution in [0.5, 0.6) is 5.75 Å². The molecule has 10 heteroatoms. The minimum Gasteiger partial charge on any atom is -0.495 e. The van der Waals surface area contributed by atoms with Crippen molar-refractivity contribution in [2.75, 3.05) is 40.0 Å². The maximum absolute atomic E-state index is 12.9. The highest BCUT2D eigenvalue weighted by Crippen LogP contribution is 2.28. The Labute approximate surface area is 151 Å². The predicted octanol–water partition coefficient (Wildman–Crippen LogP) is 0.167. The highest BCUT2D eigenvalue weighted by molar-refractivity contribution is 7.89. The first-order valence-corrected chi connectivity index (χ1v) is 9.48. The zero-order valence-electron chi connectivity index (χ0n) is 14.6. The number of carboxylic acids is 1. The molecule has 1 atom stereocenters. The maximum atomic E-state index is 12.9. The van der Waals surface area contributed by atoms with Crippen molar-refractivity contribution in [3.8, 4) is 5.75 Å². The molecule has 0 spiro atoms. The average Bonchev–Trinajstić information content (AvgIpc) is 2.65. The quantitative estimate of drug-likeness (QED) is 0.685. The summed E-state index contributed by atoms with van der Waals surface area (Å²) in [7, 11) is -2.50. The topological polar surface area (TPSA) is 122 Å². The number of nitrogens with zero attached hydrogens (tertiary/aromatic N) is 1. The summed E-state index contributed by atoms with van der Waals surface area (Å²) < 4.78 is 37.4. The van der Waals surface area contributed by atoms with Crippen molar-refractivity contribution >= 4 is 21.9 Å². The number of carboxylic acid groups (broad SMARTS) is 1. The second kappa shape index (κ2) is 8.47. The number of amides is 1. The summed E-state index contributed by atoms with van der Waals surface area (Å²) >= 11 is 0. The van der Waals surface area contributed by atoms with Crippen LogP contribution >= 0.6 is 0 Å². The Bertz CT molecular complexity index is 773. The lowest BCUT2D eigenvalue weighted by Crippen LogP contribution is -2.40. The summed E-state index contributed by atoms with van der Waals surface area (Å²) in [4.78, 5) is 23.0. The number of ether oxygens (including phenoxy) is 2. The zero-order valence-corrected chi connectivity index (χ0v) is 15.4. The van der Waals surface area contributed by atoms with Gasteiger partial charge in [0, 0.05) is 25.2 Å². The minimum absolute atomic E-state index is 0.0637. The minimum atomic E-state index is -3.85. The fourth-order valence-electron chi connectivity index (χ4n) is 2.38. The van der Waals surface area contributed by atoms with Crippen LogP contribution in [0.3, 0.4) is 0 Å². The lowest BCUT2D eigenvalue weighted by molar-refractivity contribution is -0.140. The molecule has 0 bridgehead atoms. The Balaban J connectivity index is 2.27. The van der Waals surface area contributed by atoms with Crippen LogP contribution in [-0.4, -0.2) is 69.7 Å². The number of nitrogens with one attached hydrogen (secondary N) is 1. The van der Waals surface area contributed by atoms with E-state index in [0.29, 0.717) is 13.2 Å². The summed E-state index contributed by atoms with van der Waals surface area (Å²) in [6, 6.07) is 4.07. The summed E-state index contributed by atoms with van der Waals surface area (Å²) in [5.41, 5.74) is 0.107. The molecule has 9 nitrogen and oxygen atoms in total. The molecule has 1 aliphatic rings. The van der Waals surface area contributed by atoms with E-state index in [9.17, 15) is 18.0 Å². The Hall–Kier alpha value is -2.17. The first kappa shape index (κ1) is 20.1. The van der Waals surface area contributed by atoms with E-state index < -0.39 is 27.8 Å². The van der Waals surface area contributed by atoms with E-state index in [4.69, 9.17) is 14.6 Å². The Kier molecular flexibility index (Phi) is 6.57. The van der Waals surface area contributed by atoms with Gasteiger partial charge in [-0.1, -0.05) is 6.92 Å². The Morgan fingerprint density at radius 3 is 2.58 bits per heavy atom. The predicted molar refractivity (Wildman–Crippen MR) is 91.7 cm³/mol. The molecule has 2 N–H and O–H groups in total. The van der Waals surface area contributed by atoms with E-state index >= 15 is 0 Å². The van der Waals surface area contributed by atoms with Crippen molar-refractivity contribution in [3.63, 3.8) is 0 Å². The summed E-state index contributed by atoms with van der Waals surface area (Å²) in [6.45, 7) is 2.44. The molecular formula is C16H22N2O7S. The average molecular weight is 386 g/mol. The van der Waals surface area contributed by atoms with Gasteiger partial charge in [0.25, 0.3) is 5.91 Å². The molecule has 1 aromatic carbocycles. The number of hydrogen-bond acceptors (Lipinski definition) is 6. The number of carbonyl (C=O) groups excluding carboxylic acids is 1. The zero-order chi connectivity index (χ0) is 19.3. The first-order chi connectivity index (χ1) is 12.3. The van der Waals surface area contributed by atoms with Gasteiger partial charge in [-0.3, -0.25) is 9.59 Å². The molecular weight excluding hydrogens is 364 g/mol. The standard InChI is InChI=1S/C16H22N2O7S/c1-11(16(20)21)10-17-15(19)12-3-4-13(24-2)14(9-12)26(22,23)18-5-7-25-8-6-18/h3-4,9,11H,5-8,10H2,1-2H3,(H,17,19)(H,20,21). The van der Waals surface area contributed by atoms with Crippen LogP contribution in [-0.2, 0) is 19.6 Å². The summed E-state index contributed by atoms with van der Waals surface area (Å²) in [5, 5.41) is 11.4. The van der Waals surface area contributed by atoms with E-state index in [1.165, 1.54) is 36.5 Å². The van der Waals surface area contributed by atoms with Crippen LogP contribution in [0.1, 0.15) is 17.3 Å². The third-order valence-corrected chi connectivity index (χ3v) is 5.92. The molecule has 1 fully saturated rings. The monoisotopic (exact) mass is 386 g/mol. The van der Waals surface area contributed by atoms with Gasteiger partial charge in [0.1, 0.15) is 10.6 Å². The fraction of sp³-hybridized carbons (Fsp3) is 0.500. The van der Waals surface area contributed by atoms with Crippen LogP contribution in [0.2, 0.25) is 0 Å². The van der Waals surface area contributed by atoms with Gasteiger partial charge in [0.05, 0.1) is 26.2 Å². The molecule has 1 aromatic rings. The number of rotatable bonds is 7. The molecule has 0 radical (unpaired) electrons. The van der Waals surface area contributed by atoms with Crippen LogP contribution < -0.4 is 10.1 Å². The third kappa shape index (κ3) is 4.51. The van der Waals surface area contributed by atoms with Crippen molar-refractivity contribution in [1.82, 2.24) is 9.62 Å². The van der Waals surface area contributed by atoms with E-state index in [1.807, 2.05) is 0 Å². The third-order valence-electron chi connectivity index (χ3n) is 4.00. The smallest absolute Gasteiger partial charge is 0.308 e. The fourth-order valence-corrected chi connectivity index (χ4v) is 3.97. The highest BCUT2D eigenvalue weighted by Gasteiger charge is 2.30. The lowest BCUT2D eigenvalue weighted by Gasteiger charge is -2.26. The van der Waals surface area contributed by atoms with Crippen LogP contribution in [0, 0.1) is 5.92 Å². The van der Waals surface area contributed by atoms with Gasteiger partial charge in [-0.05, 0) is 18.2 Å². The molecule has 1 aliphatic heterocycles. The maximum Gasteiger partial charge on any atom is 0.308 e. The number of hydrogen-bond donors (Lipinski definition) is 2. The number of morpholine rings is 1. The highest BCUT2D eigenvalue weighted by atomic mass is 32.2. The largest absolute Gasteiger partial charge is 0.495 e. The van der Waals surface area contributed by atoms with Gasteiger partial charge in [0.2, 0.25) is 10.0 Å². The van der Waals surface area contributed by atoms with Crippen molar-refractivity contribution < 1.29 is 32.6 Å². The molecule has 1 unspecified atom stereocenters. The van der Waals surface area contributed by atoms with Gasteiger partial charge in [-0.25, -0.2) is 8.42 Å². The van der Waals surface area contributed by atoms with Crippen molar-refractivity contribution in [1.29, 1.82) is 0 Å². The van der Waals surface area contributed by atoms with E-state index in [-0.39, 0.29) is 35.8 Å². The molecule has 26 heavy (non-hydrogen) atoms. The van der Waals surface area contributed by atoms with Crippen molar-refractivity contribution in [2.24, 2.45) is 5.92 Å². The van der Waals surface area contributed by atoms with E-state index in [2.05, 4.69) is 5.32 Å². The SMILES string of the molecule is COc1ccc(C(=O)NCC(C)C(=O)O)cc1S(=O)(=O)N1CCOCC1. The lowest BCUT2D eigenvalue weighted by atomic mass is 10.1. The van der Waals surface area contributed by atoms with Gasteiger partial charge in [-0.15, -0.1) is 0 Å². The second-order valence-corrected chi connectivity index (χ2v) is 7.74. The number of methoxy groups -OCH3 is 1. The first-order valence-electron chi connectivity index (χ1n) is 8.04. The number of benzene rings is 1. The molecule has 0 saturated carbocycles. The van der Waals surface area contributed by atoms with Crippen LogP contribution in [0.4, 0.5) is 0 Å². The normalized spacial score (nSPS) is 16.7. The van der Waals surface area contributed by atoms with Gasteiger partial charge in [0.15, 0.2) is 0 Å². The van der Waals surface area contributed by atoms with E-state index in [0.717, 1.165) is 0 Å². The summed E-state index contributed by atoms with van der Waals surface area (Å²) in [6.07, 6.45) is 0. The van der Waals surface area contributed by atoms with Gasteiger partial charge in [-0.2, -0.15) is 4.31 Å². The molecule has 1 saturated heterocycles. The number of carbonyl (C=O) groups is 2. The second-order valence-electron chi connectivity index (χ2n) is 5.83. The molecule has 1 heterocycles. The molecule has 2 rings (SSSR count). The molecule has 1 amide bonds. The van der Waals surface area contributed by atoms with Gasteiger partial charge >= 0.3 is 5.97 Å². The van der Waals surface area contributed by atoms with Gasteiger partial charge < -0.3 is 19.9 Å². The Morgan fingerprint density at radius 1 is 1.35 bits per heavy atom. The number of sulfonamides is 1. The number of aliphatic carboxylic acids is 1. The van der Waals surface area contributed by atoms with Crippen LogP contribution in [0.25, 0.3) is 0 Å². The summed E-state index contributed by atoms with van der Waals surface area (Å²) in [5.74, 6) is -2.21. The molecule has 0 aliphatic carbocycles. The van der Waals surface area contributed by atoms with Crippen molar-refractivity contribution in [2.45, 2.75) is 11.8 Å².